The van der Waals surface area contributed by atoms with Gasteiger partial charge in [-0.2, -0.15) is 5.26 Å². The minimum atomic E-state index is -0.198. The number of aromatic nitrogens is 1. The summed E-state index contributed by atoms with van der Waals surface area (Å²) in [4.78, 5) is 16.6. The summed E-state index contributed by atoms with van der Waals surface area (Å²) in [7, 11) is 0. The van der Waals surface area contributed by atoms with Crippen molar-refractivity contribution in [1.82, 2.24) is 4.98 Å². The van der Waals surface area contributed by atoms with E-state index in [1.165, 1.54) is 0 Å². The number of anilines is 3. The molecule has 3 aromatic rings. The van der Waals surface area contributed by atoms with Crippen LogP contribution in [0, 0.1) is 25.2 Å². The Morgan fingerprint density at radius 2 is 1.85 bits per heavy atom. The lowest BCUT2D eigenvalue weighted by Gasteiger charge is -2.09. The molecule has 26 heavy (non-hydrogen) atoms. The molecule has 1 aromatic heterocycles. The lowest BCUT2D eigenvalue weighted by molar-refractivity contribution is 0.102. The molecular weight excluding hydrogens is 324 g/mol. The number of nitriles is 1. The largest absolute Gasteiger partial charge is 0.353 e. The van der Waals surface area contributed by atoms with E-state index in [4.69, 9.17) is 5.26 Å². The topological polar surface area (TPSA) is 77.8 Å². The average molecular weight is 342 g/mol. The number of pyridine rings is 1. The van der Waals surface area contributed by atoms with Gasteiger partial charge in [0.15, 0.2) is 0 Å². The van der Waals surface area contributed by atoms with Gasteiger partial charge in [0.05, 0.1) is 23.1 Å². The van der Waals surface area contributed by atoms with Gasteiger partial charge in [-0.3, -0.25) is 4.79 Å². The zero-order chi connectivity index (χ0) is 18.5. The van der Waals surface area contributed by atoms with E-state index in [0.717, 1.165) is 16.8 Å². The van der Waals surface area contributed by atoms with Crippen LogP contribution in [0.4, 0.5) is 17.2 Å². The summed E-state index contributed by atoms with van der Waals surface area (Å²) >= 11 is 0. The highest BCUT2D eigenvalue weighted by Gasteiger charge is 2.08. The van der Waals surface area contributed by atoms with Gasteiger partial charge >= 0.3 is 0 Å². The zero-order valence-corrected chi connectivity index (χ0v) is 14.6. The highest BCUT2D eigenvalue weighted by Crippen LogP contribution is 2.20. The molecule has 0 unspecified atom stereocenters. The van der Waals surface area contributed by atoms with Crippen LogP contribution >= 0.6 is 0 Å². The second kappa shape index (κ2) is 7.49. The first kappa shape index (κ1) is 17.2. The molecule has 1 amide bonds. The van der Waals surface area contributed by atoms with Gasteiger partial charge in [-0.1, -0.05) is 18.2 Å². The van der Waals surface area contributed by atoms with Crippen molar-refractivity contribution in [2.45, 2.75) is 13.8 Å². The molecule has 2 aromatic carbocycles. The number of hydrogen-bond acceptors (Lipinski definition) is 4. The zero-order valence-electron chi connectivity index (χ0n) is 14.6. The van der Waals surface area contributed by atoms with Crippen molar-refractivity contribution >= 4 is 23.1 Å². The number of rotatable bonds is 4. The average Bonchev–Trinajstić information content (AvgIpc) is 2.66. The highest BCUT2D eigenvalue weighted by molar-refractivity contribution is 6.03. The Morgan fingerprint density at radius 1 is 1.04 bits per heavy atom. The van der Waals surface area contributed by atoms with Crippen LogP contribution in [0.2, 0.25) is 0 Å². The van der Waals surface area contributed by atoms with Gasteiger partial charge in [0.2, 0.25) is 0 Å². The minimum Gasteiger partial charge on any atom is -0.353 e. The van der Waals surface area contributed by atoms with Crippen LogP contribution in [0.5, 0.6) is 0 Å². The Morgan fingerprint density at radius 3 is 2.54 bits per heavy atom. The molecule has 0 radical (unpaired) electrons. The van der Waals surface area contributed by atoms with E-state index in [1.807, 2.05) is 44.2 Å². The smallest absolute Gasteiger partial charge is 0.256 e. The molecule has 0 aliphatic rings. The van der Waals surface area contributed by atoms with Gasteiger partial charge in [-0.15, -0.1) is 0 Å². The maximum absolute atomic E-state index is 12.3. The lowest BCUT2D eigenvalue weighted by Crippen LogP contribution is -2.13. The van der Waals surface area contributed by atoms with Crippen LogP contribution in [0.15, 0.2) is 60.8 Å². The van der Waals surface area contributed by atoms with Crippen LogP contribution in [-0.2, 0) is 0 Å². The second-order valence-electron chi connectivity index (χ2n) is 5.97. The van der Waals surface area contributed by atoms with Gasteiger partial charge in [-0.25, -0.2) is 4.98 Å². The second-order valence-corrected chi connectivity index (χ2v) is 5.97. The van der Waals surface area contributed by atoms with Gasteiger partial charge in [0.1, 0.15) is 11.9 Å². The SMILES string of the molecule is Cc1ccc(C(=O)Nc2ccc(Nc3ccccc3C#N)cn2)cc1C. The van der Waals surface area contributed by atoms with Crippen molar-refractivity contribution in [3.05, 3.63) is 83.0 Å². The van der Waals surface area contributed by atoms with E-state index in [2.05, 4.69) is 21.7 Å². The van der Waals surface area contributed by atoms with E-state index in [9.17, 15) is 4.79 Å². The summed E-state index contributed by atoms with van der Waals surface area (Å²) < 4.78 is 0. The van der Waals surface area contributed by atoms with E-state index < -0.39 is 0 Å². The van der Waals surface area contributed by atoms with Gasteiger partial charge in [0.25, 0.3) is 5.91 Å². The summed E-state index contributed by atoms with van der Waals surface area (Å²) in [5.41, 5.74) is 4.81. The Bertz CT molecular complexity index is 988. The molecule has 5 heteroatoms. The Balaban J connectivity index is 1.70. The molecule has 3 rings (SSSR count). The standard InChI is InChI=1S/C21H18N4O/c1-14-7-8-16(11-15(14)2)21(26)25-20-10-9-18(13-23-20)24-19-6-4-3-5-17(19)12-22/h3-11,13,24H,1-2H3,(H,23,25,26). The summed E-state index contributed by atoms with van der Waals surface area (Å²) in [6, 6.07) is 18.5. The maximum Gasteiger partial charge on any atom is 0.256 e. The van der Waals surface area contributed by atoms with Crippen molar-refractivity contribution in [3.63, 3.8) is 0 Å². The molecule has 0 saturated carbocycles. The molecule has 0 aliphatic heterocycles. The van der Waals surface area contributed by atoms with E-state index in [-0.39, 0.29) is 5.91 Å². The Labute approximate surface area is 152 Å². The maximum atomic E-state index is 12.3. The predicted octanol–water partition coefficient (Wildman–Crippen LogP) is 4.57. The molecule has 0 fully saturated rings. The number of aryl methyl sites for hydroxylation is 2. The van der Waals surface area contributed by atoms with Gasteiger partial charge < -0.3 is 10.6 Å². The first-order valence-corrected chi connectivity index (χ1v) is 8.17. The summed E-state index contributed by atoms with van der Waals surface area (Å²) in [6.45, 7) is 3.98. The predicted molar refractivity (Wildman–Crippen MR) is 103 cm³/mol. The van der Waals surface area contributed by atoms with Crippen LogP contribution in [-0.4, -0.2) is 10.9 Å². The number of carbonyl (C=O) groups is 1. The van der Waals surface area contributed by atoms with Crippen LogP contribution in [0.3, 0.4) is 0 Å². The molecule has 0 saturated heterocycles. The van der Waals surface area contributed by atoms with E-state index in [1.54, 1.807) is 30.5 Å². The number of carbonyl (C=O) groups excluding carboxylic acids is 1. The first-order valence-electron chi connectivity index (χ1n) is 8.17. The fourth-order valence-electron chi connectivity index (χ4n) is 2.46. The molecule has 0 atom stereocenters. The normalized spacial score (nSPS) is 10.0. The Hall–Kier alpha value is -3.65. The molecule has 1 heterocycles. The van der Waals surface area contributed by atoms with Gasteiger partial charge in [-0.05, 0) is 61.4 Å². The molecular formula is C21H18N4O. The summed E-state index contributed by atoms with van der Waals surface area (Å²) in [5.74, 6) is 0.267. The first-order chi connectivity index (χ1) is 12.6. The third kappa shape index (κ3) is 3.87. The van der Waals surface area contributed by atoms with E-state index >= 15 is 0 Å². The lowest BCUT2D eigenvalue weighted by atomic mass is 10.1. The summed E-state index contributed by atoms with van der Waals surface area (Å²) in [6.07, 6.45) is 1.62. The van der Waals surface area contributed by atoms with Crippen LogP contribution < -0.4 is 10.6 Å². The van der Waals surface area contributed by atoms with E-state index in [0.29, 0.717) is 22.6 Å². The molecule has 2 N–H and O–H groups in total. The van der Waals surface area contributed by atoms with Crippen molar-refractivity contribution in [3.8, 4) is 6.07 Å². The molecule has 0 spiro atoms. The number of para-hydroxylation sites is 1. The fourth-order valence-corrected chi connectivity index (χ4v) is 2.46. The summed E-state index contributed by atoms with van der Waals surface area (Å²) in [5, 5.41) is 15.1. The molecule has 5 nitrogen and oxygen atoms in total. The van der Waals surface area contributed by atoms with Crippen molar-refractivity contribution in [2.24, 2.45) is 0 Å². The van der Waals surface area contributed by atoms with Gasteiger partial charge in [0, 0.05) is 5.56 Å². The third-order valence-corrected chi connectivity index (χ3v) is 4.10. The molecule has 0 aliphatic carbocycles. The minimum absolute atomic E-state index is 0.198. The van der Waals surface area contributed by atoms with Crippen molar-refractivity contribution < 1.29 is 4.79 Å². The van der Waals surface area contributed by atoms with Crippen molar-refractivity contribution in [1.29, 1.82) is 5.26 Å². The Kier molecular flexibility index (Phi) is 4.95. The fraction of sp³-hybridized carbons (Fsp3) is 0.0952. The third-order valence-electron chi connectivity index (χ3n) is 4.10. The monoisotopic (exact) mass is 342 g/mol. The van der Waals surface area contributed by atoms with Crippen molar-refractivity contribution in [2.75, 3.05) is 10.6 Å². The van der Waals surface area contributed by atoms with Crippen LogP contribution in [0.1, 0.15) is 27.0 Å². The number of amides is 1. The number of hydrogen-bond donors (Lipinski definition) is 2. The quantitative estimate of drug-likeness (QED) is 0.728. The number of nitrogens with one attached hydrogen (secondary N) is 2. The number of benzene rings is 2. The number of nitrogens with zero attached hydrogens (tertiary/aromatic N) is 2. The molecule has 0 bridgehead atoms. The molecule has 128 valence electrons. The highest BCUT2D eigenvalue weighted by atomic mass is 16.1. The van der Waals surface area contributed by atoms with Crippen LogP contribution in [0.25, 0.3) is 0 Å².